The Balaban J connectivity index is 2.15. The minimum absolute atomic E-state index is 0.344. The van der Waals surface area contributed by atoms with Crippen LogP contribution in [0.5, 0.6) is 0 Å². The van der Waals surface area contributed by atoms with Crippen molar-refractivity contribution >= 4 is 39.0 Å². The monoisotopic (exact) mass is 295 g/mol. The van der Waals surface area contributed by atoms with Crippen molar-refractivity contribution in [2.75, 3.05) is 5.32 Å². The third-order valence-electron chi connectivity index (χ3n) is 3.78. The summed E-state index contributed by atoms with van der Waals surface area (Å²) in [6.07, 6.45) is 5.95. The summed E-state index contributed by atoms with van der Waals surface area (Å²) in [6, 6.07) is 0.397. The third kappa shape index (κ3) is 2.43. The summed E-state index contributed by atoms with van der Waals surface area (Å²) in [5.74, 6) is 0.920. The smallest absolute Gasteiger partial charge is 0.225 e. The Morgan fingerprint density at radius 2 is 2.11 bits per heavy atom. The fourth-order valence-electron chi connectivity index (χ4n) is 2.57. The van der Waals surface area contributed by atoms with Gasteiger partial charge in [0.1, 0.15) is 10.6 Å². The average molecular weight is 296 g/mol. The van der Waals surface area contributed by atoms with Crippen molar-refractivity contribution in [1.82, 2.24) is 9.97 Å². The van der Waals surface area contributed by atoms with Gasteiger partial charge in [0.05, 0.1) is 5.39 Å². The van der Waals surface area contributed by atoms with Gasteiger partial charge in [-0.15, -0.1) is 11.3 Å². The molecule has 0 amide bonds. The highest BCUT2D eigenvalue weighted by Crippen LogP contribution is 2.39. The van der Waals surface area contributed by atoms with Gasteiger partial charge in [0, 0.05) is 10.9 Å². The molecule has 2 heterocycles. The molecule has 0 bridgehead atoms. The number of hydrogen-bond acceptors (Lipinski definition) is 4. The maximum absolute atomic E-state index is 6.06. The van der Waals surface area contributed by atoms with E-state index in [2.05, 4.69) is 29.1 Å². The number of nitrogens with one attached hydrogen (secondary N) is 1. The van der Waals surface area contributed by atoms with Gasteiger partial charge in [-0.1, -0.05) is 6.92 Å². The van der Waals surface area contributed by atoms with E-state index in [0.29, 0.717) is 11.3 Å². The third-order valence-corrected chi connectivity index (χ3v) is 5.14. The minimum atomic E-state index is 0.344. The van der Waals surface area contributed by atoms with Gasteiger partial charge in [0.15, 0.2) is 0 Å². The van der Waals surface area contributed by atoms with Crippen LogP contribution < -0.4 is 5.32 Å². The fourth-order valence-corrected chi connectivity index (χ4v) is 4.05. The Kier molecular flexibility index (Phi) is 3.63. The van der Waals surface area contributed by atoms with Gasteiger partial charge in [-0.05, 0) is 56.2 Å². The van der Waals surface area contributed by atoms with Crippen LogP contribution in [-0.2, 0) is 12.8 Å². The molecule has 0 fully saturated rings. The van der Waals surface area contributed by atoms with E-state index in [1.54, 1.807) is 11.3 Å². The summed E-state index contributed by atoms with van der Waals surface area (Å²) in [6.45, 7) is 4.33. The lowest BCUT2D eigenvalue weighted by Crippen LogP contribution is -2.15. The molecule has 1 aliphatic rings. The molecule has 5 heteroatoms. The maximum Gasteiger partial charge on any atom is 0.225 e. The SMILES string of the molecule is CCC(C)Nc1nc(Cl)nc2sc3c(c12)CCCC3. The summed E-state index contributed by atoms with van der Waals surface area (Å²) in [4.78, 5) is 11.3. The molecule has 3 nitrogen and oxygen atoms in total. The molecule has 2 aromatic heterocycles. The van der Waals surface area contributed by atoms with Crippen molar-refractivity contribution in [3.8, 4) is 0 Å². The topological polar surface area (TPSA) is 37.8 Å². The van der Waals surface area contributed by atoms with E-state index in [9.17, 15) is 0 Å². The quantitative estimate of drug-likeness (QED) is 0.851. The van der Waals surface area contributed by atoms with Crippen molar-refractivity contribution in [2.24, 2.45) is 0 Å². The molecule has 1 unspecified atom stereocenters. The Morgan fingerprint density at radius 3 is 2.89 bits per heavy atom. The predicted molar refractivity (Wildman–Crippen MR) is 82.4 cm³/mol. The van der Waals surface area contributed by atoms with E-state index in [1.807, 2.05) is 0 Å². The lowest BCUT2D eigenvalue weighted by atomic mass is 9.97. The molecule has 1 atom stereocenters. The molecular weight excluding hydrogens is 278 g/mol. The van der Waals surface area contributed by atoms with Crippen LogP contribution in [0, 0.1) is 0 Å². The highest BCUT2D eigenvalue weighted by atomic mass is 35.5. The van der Waals surface area contributed by atoms with E-state index < -0.39 is 0 Å². The minimum Gasteiger partial charge on any atom is -0.367 e. The summed E-state index contributed by atoms with van der Waals surface area (Å²) in [5, 5.41) is 5.04. The maximum atomic E-state index is 6.06. The van der Waals surface area contributed by atoms with Crippen molar-refractivity contribution in [2.45, 2.75) is 52.0 Å². The van der Waals surface area contributed by atoms with Crippen LogP contribution in [0.1, 0.15) is 43.6 Å². The summed E-state index contributed by atoms with van der Waals surface area (Å²) >= 11 is 7.85. The first-order chi connectivity index (χ1) is 9.19. The van der Waals surface area contributed by atoms with Crippen molar-refractivity contribution in [3.05, 3.63) is 15.7 Å². The first-order valence-corrected chi connectivity index (χ1v) is 8.12. The van der Waals surface area contributed by atoms with Crippen LogP contribution in [-0.4, -0.2) is 16.0 Å². The summed E-state index contributed by atoms with van der Waals surface area (Å²) in [7, 11) is 0. The van der Waals surface area contributed by atoms with E-state index >= 15 is 0 Å². The molecule has 0 spiro atoms. The Labute approximate surface area is 122 Å². The van der Waals surface area contributed by atoms with E-state index in [0.717, 1.165) is 23.5 Å². The van der Waals surface area contributed by atoms with Crippen molar-refractivity contribution in [3.63, 3.8) is 0 Å². The highest BCUT2D eigenvalue weighted by Gasteiger charge is 2.21. The van der Waals surface area contributed by atoms with Crippen LogP contribution in [0.2, 0.25) is 5.28 Å². The van der Waals surface area contributed by atoms with Gasteiger partial charge in [-0.3, -0.25) is 0 Å². The number of nitrogens with zero attached hydrogens (tertiary/aromatic N) is 2. The largest absolute Gasteiger partial charge is 0.367 e. The molecule has 19 heavy (non-hydrogen) atoms. The van der Waals surface area contributed by atoms with E-state index in [4.69, 9.17) is 11.6 Å². The van der Waals surface area contributed by atoms with Gasteiger partial charge < -0.3 is 5.32 Å². The molecule has 0 aromatic carbocycles. The number of rotatable bonds is 3. The van der Waals surface area contributed by atoms with Crippen LogP contribution in [0.15, 0.2) is 0 Å². The molecule has 0 radical (unpaired) electrons. The van der Waals surface area contributed by atoms with E-state index in [-0.39, 0.29) is 0 Å². The number of anilines is 1. The first-order valence-electron chi connectivity index (χ1n) is 6.93. The zero-order valence-electron chi connectivity index (χ0n) is 11.3. The molecule has 2 aromatic rings. The van der Waals surface area contributed by atoms with Crippen LogP contribution in [0.25, 0.3) is 10.2 Å². The van der Waals surface area contributed by atoms with Gasteiger partial charge >= 0.3 is 0 Å². The summed E-state index contributed by atoms with van der Waals surface area (Å²) in [5.41, 5.74) is 1.45. The number of thiophene rings is 1. The molecule has 0 aliphatic heterocycles. The molecule has 0 saturated heterocycles. The molecule has 0 saturated carbocycles. The van der Waals surface area contributed by atoms with Crippen LogP contribution in [0.3, 0.4) is 0 Å². The Morgan fingerprint density at radius 1 is 1.32 bits per heavy atom. The zero-order chi connectivity index (χ0) is 13.4. The Bertz CT molecular complexity index is 608. The van der Waals surface area contributed by atoms with Crippen LogP contribution in [0.4, 0.5) is 5.82 Å². The van der Waals surface area contributed by atoms with Gasteiger partial charge in [-0.2, -0.15) is 0 Å². The Hall–Kier alpha value is -0.870. The zero-order valence-corrected chi connectivity index (χ0v) is 12.9. The number of hydrogen-bond donors (Lipinski definition) is 1. The summed E-state index contributed by atoms with van der Waals surface area (Å²) < 4.78 is 0. The second kappa shape index (κ2) is 5.25. The highest BCUT2D eigenvalue weighted by molar-refractivity contribution is 7.19. The average Bonchev–Trinajstić information content (AvgIpc) is 2.76. The van der Waals surface area contributed by atoms with Gasteiger partial charge in [-0.25, -0.2) is 9.97 Å². The molecule has 1 N–H and O–H groups in total. The number of halogens is 1. The number of aromatic nitrogens is 2. The first kappa shape index (κ1) is 13.1. The second-order valence-electron chi connectivity index (χ2n) is 5.19. The van der Waals surface area contributed by atoms with Crippen molar-refractivity contribution in [1.29, 1.82) is 0 Å². The van der Waals surface area contributed by atoms with E-state index in [1.165, 1.54) is 35.1 Å². The lowest BCUT2D eigenvalue weighted by Gasteiger charge is -2.15. The van der Waals surface area contributed by atoms with Gasteiger partial charge in [0.2, 0.25) is 5.28 Å². The molecule has 102 valence electrons. The van der Waals surface area contributed by atoms with Crippen molar-refractivity contribution < 1.29 is 0 Å². The lowest BCUT2D eigenvalue weighted by molar-refractivity contribution is 0.700. The number of fused-ring (bicyclic) bond motifs is 3. The second-order valence-corrected chi connectivity index (χ2v) is 6.61. The molecule has 1 aliphatic carbocycles. The predicted octanol–water partition coefficient (Wildman–Crippen LogP) is 4.43. The standard InChI is InChI=1S/C14H18ClN3S/c1-3-8(2)16-12-11-9-6-4-5-7-10(9)19-13(11)18-14(15)17-12/h8H,3-7H2,1-2H3,(H,16,17,18). The fraction of sp³-hybridized carbons (Fsp3) is 0.571. The normalized spacial score (nSPS) is 16.4. The van der Waals surface area contributed by atoms with Crippen LogP contribution >= 0.6 is 22.9 Å². The van der Waals surface area contributed by atoms with Gasteiger partial charge in [0.25, 0.3) is 0 Å². The molecule has 3 rings (SSSR count). The molecular formula is C14H18ClN3S. The number of aryl methyl sites for hydroxylation is 2.